The Morgan fingerprint density at radius 1 is 1.38 bits per heavy atom. The van der Waals surface area contributed by atoms with Crippen LogP contribution >= 0.6 is 11.3 Å². The average molecular weight is 348 g/mol. The van der Waals surface area contributed by atoms with Gasteiger partial charge in [-0.1, -0.05) is 13.3 Å². The standard InChI is InChI=1S/C17H24N4O2S/c1-3-4-8-21-11-19-15-13(16(21)22)12(2)14(24-15)17(23)20-9-5-6-18-7-10-20/h11,18H,3-10H2,1-2H3. The Hall–Kier alpha value is -1.73. The molecular formula is C17H24N4O2S. The van der Waals surface area contributed by atoms with Crippen molar-refractivity contribution < 1.29 is 4.79 Å². The van der Waals surface area contributed by atoms with E-state index in [1.54, 1.807) is 10.9 Å². The van der Waals surface area contributed by atoms with Crippen molar-refractivity contribution in [1.82, 2.24) is 19.8 Å². The molecule has 0 bridgehead atoms. The zero-order valence-corrected chi connectivity index (χ0v) is 15.1. The number of fused-ring (bicyclic) bond motifs is 1. The molecule has 1 N–H and O–H groups in total. The van der Waals surface area contributed by atoms with Gasteiger partial charge in [0, 0.05) is 26.2 Å². The minimum atomic E-state index is -0.0289. The molecule has 130 valence electrons. The van der Waals surface area contributed by atoms with Crippen molar-refractivity contribution in [1.29, 1.82) is 0 Å². The van der Waals surface area contributed by atoms with Gasteiger partial charge in [0.1, 0.15) is 4.83 Å². The molecule has 0 atom stereocenters. The van der Waals surface area contributed by atoms with Crippen LogP contribution in [-0.2, 0) is 6.54 Å². The molecule has 6 nitrogen and oxygen atoms in total. The molecule has 0 radical (unpaired) electrons. The first-order valence-electron chi connectivity index (χ1n) is 8.62. The van der Waals surface area contributed by atoms with Crippen molar-refractivity contribution in [2.24, 2.45) is 0 Å². The lowest BCUT2D eigenvalue weighted by Crippen LogP contribution is -2.34. The van der Waals surface area contributed by atoms with Crippen LogP contribution in [0.2, 0.25) is 0 Å². The third kappa shape index (κ3) is 3.23. The molecule has 1 fully saturated rings. The number of nitrogens with one attached hydrogen (secondary N) is 1. The molecule has 7 heteroatoms. The van der Waals surface area contributed by atoms with Crippen molar-refractivity contribution in [3.63, 3.8) is 0 Å². The topological polar surface area (TPSA) is 67.2 Å². The first-order chi connectivity index (χ1) is 11.6. The SMILES string of the molecule is CCCCn1cnc2sc(C(=O)N3CCCNCC3)c(C)c2c1=O. The largest absolute Gasteiger partial charge is 0.337 e. The predicted molar refractivity (Wildman–Crippen MR) is 96.9 cm³/mol. The highest BCUT2D eigenvalue weighted by Gasteiger charge is 2.24. The molecule has 24 heavy (non-hydrogen) atoms. The molecule has 0 unspecified atom stereocenters. The Morgan fingerprint density at radius 2 is 2.21 bits per heavy atom. The van der Waals surface area contributed by atoms with Crippen LogP contribution in [-0.4, -0.2) is 46.5 Å². The first-order valence-corrected chi connectivity index (χ1v) is 9.43. The van der Waals surface area contributed by atoms with Crippen molar-refractivity contribution in [3.8, 4) is 0 Å². The smallest absolute Gasteiger partial charge is 0.264 e. The van der Waals surface area contributed by atoms with Crippen LogP contribution in [0.5, 0.6) is 0 Å². The van der Waals surface area contributed by atoms with Gasteiger partial charge in [0.05, 0.1) is 16.6 Å². The monoisotopic (exact) mass is 348 g/mol. The summed E-state index contributed by atoms with van der Waals surface area (Å²) in [6.07, 6.45) is 4.54. The van der Waals surface area contributed by atoms with Crippen LogP contribution in [0.15, 0.2) is 11.1 Å². The predicted octanol–water partition coefficient (Wildman–Crippen LogP) is 2.00. The number of aryl methyl sites for hydroxylation is 2. The van der Waals surface area contributed by atoms with Crippen molar-refractivity contribution in [2.45, 2.75) is 39.7 Å². The van der Waals surface area contributed by atoms with E-state index < -0.39 is 0 Å². The molecule has 0 aromatic carbocycles. The van der Waals surface area contributed by atoms with Gasteiger partial charge in [0.2, 0.25) is 0 Å². The number of carbonyl (C=O) groups is 1. The lowest BCUT2D eigenvalue weighted by atomic mass is 10.2. The lowest BCUT2D eigenvalue weighted by Gasteiger charge is -2.19. The zero-order valence-electron chi connectivity index (χ0n) is 14.3. The Balaban J connectivity index is 1.97. The van der Waals surface area contributed by atoms with E-state index in [2.05, 4.69) is 17.2 Å². The third-order valence-corrected chi connectivity index (χ3v) is 5.68. The van der Waals surface area contributed by atoms with Gasteiger partial charge in [-0.15, -0.1) is 11.3 Å². The molecule has 0 aliphatic carbocycles. The molecule has 1 saturated heterocycles. The van der Waals surface area contributed by atoms with Crippen LogP contribution in [0.3, 0.4) is 0 Å². The number of unbranched alkanes of at least 4 members (excludes halogenated alkanes) is 1. The van der Waals surface area contributed by atoms with E-state index in [9.17, 15) is 9.59 Å². The molecule has 2 aromatic heterocycles. The second-order valence-corrected chi connectivity index (χ2v) is 7.23. The van der Waals surface area contributed by atoms with Gasteiger partial charge in [-0.25, -0.2) is 4.98 Å². The fourth-order valence-corrected chi connectivity index (χ4v) is 4.15. The minimum Gasteiger partial charge on any atom is -0.337 e. The van der Waals surface area contributed by atoms with Gasteiger partial charge in [0.15, 0.2) is 0 Å². The average Bonchev–Trinajstić information content (AvgIpc) is 2.77. The molecule has 3 rings (SSSR count). The number of carbonyl (C=O) groups excluding carboxylic acids is 1. The molecule has 1 aliphatic heterocycles. The molecule has 0 saturated carbocycles. The molecule has 1 aliphatic rings. The van der Waals surface area contributed by atoms with Crippen molar-refractivity contribution >= 4 is 27.5 Å². The van der Waals surface area contributed by atoms with E-state index in [-0.39, 0.29) is 11.5 Å². The number of aromatic nitrogens is 2. The summed E-state index contributed by atoms with van der Waals surface area (Å²) in [5.41, 5.74) is 0.749. The van der Waals surface area contributed by atoms with Crippen LogP contribution in [0.1, 0.15) is 41.4 Å². The number of hydrogen-bond donors (Lipinski definition) is 1. The van der Waals surface area contributed by atoms with Gasteiger partial charge in [-0.3, -0.25) is 14.2 Å². The summed E-state index contributed by atoms with van der Waals surface area (Å²) in [5.74, 6) is 0.0266. The molecule has 1 amide bonds. The first kappa shape index (κ1) is 17.1. The maximum atomic E-state index is 12.9. The second kappa shape index (κ2) is 7.44. The van der Waals surface area contributed by atoms with Crippen LogP contribution in [0.4, 0.5) is 0 Å². The summed E-state index contributed by atoms with van der Waals surface area (Å²) in [6, 6.07) is 0. The molecule has 3 heterocycles. The number of amides is 1. The van der Waals surface area contributed by atoms with Gasteiger partial charge in [0.25, 0.3) is 11.5 Å². The maximum absolute atomic E-state index is 12.9. The summed E-state index contributed by atoms with van der Waals surface area (Å²) in [4.78, 5) is 33.2. The minimum absolute atomic E-state index is 0.0266. The highest BCUT2D eigenvalue weighted by atomic mass is 32.1. The van der Waals surface area contributed by atoms with Gasteiger partial charge >= 0.3 is 0 Å². The Labute approximate surface area is 145 Å². The van der Waals surface area contributed by atoms with E-state index in [0.717, 1.165) is 44.5 Å². The maximum Gasteiger partial charge on any atom is 0.264 e. The van der Waals surface area contributed by atoms with Gasteiger partial charge in [-0.05, 0) is 31.9 Å². The fourth-order valence-electron chi connectivity index (χ4n) is 3.04. The Bertz CT molecular complexity index is 788. The zero-order chi connectivity index (χ0) is 17.1. The Morgan fingerprint density at radius 3 is 3.00 bits per heavy atom. The second-order valence-electron chi connectivity index (χ2n) is 6.23. The summed E-state index contributed by atoms with van der Waals surface area (Å²) in [5, 5.41) is 3.91. The van der Waals surface area contributed by atoms with Crippen LogP contribution in [0.25, 0.3) is 10.2 Å². The summed E-state index contributed by atoms with van der Waals surface area (Å²) < 4.78 is 1.66. The quantitative estimate of drug-likeness (QED) is 0.918. The van der Waals surface area contributed by atoms with E-state index in [1.165, 1.54) is 11.3 Å². The summed E-state index contributed by atoms with van der Waals surface area (Å²) in [7, 11) is 0. The van der Waals surface area contributed by atoms with E-state index >= 15 is 0 Å². The molecule has 0 spiro atoms. The van der Waals surface area contributed by atoms with E-state index in [0.29, 0.717) is 28.2 Å². The summed E-state index contributed by atoms with van der Waals surface area (Å²) in [6.45, 7) is 7.87. The summed E-state index contributed by atoms with van der Waals surface area (Å²) >= 11 is 1.34. The fraction of sp³-hybridized carbons (Fsp3) is 0.588. The number of thiophene rings is 1. The normalized spacial score (nSPS) is 15.7. The van der Waals surface area contributed by atoms with Crippen molar-refractivity contribution in [3.05, 3.63) is 27.1 Å². The highest BCUT2D eigenvalue weighted by molar-refractivity contribution is 7.20. The van der Waals surface area contributed by atoms with E-state index in [4.69, 9.17) is 0 Å². The van der Waals surface area contributed by atoms with E-state index in [1.807, 2.05) is 11.8 Å². The molecule has 2 aromatic rings. The highest BCUT2D eigenvalue weighted by Crippen LogP contribution is 2.28. The number of rotatable bonds is 4. The third-order valence-electron chi connectivity index (χ3n) is 4.49. The van der Waals surface area contributed by atoms with Crippen molar-refractivity contribution in [2.75, 3.05) is 26.2 Å². The van der Waals surface area contributed by atoms with Gasteiger partial charge in [-0.2, -0.15) is 0 Å². The lowest BCUT2D eigenvalue weighted by molar-refractivity contribution is 0.0770. The van der Waals surface area contributed by atoms with Gasteiger partial charge < -0.3 is 10.2 Å². The van der Waals surface area contributed by atoms with Crippen LogP contribution in [0, 0.1) is 6.92 Å². The number of nitrogens with zero attached hydrogens (tertiary/aromatic N) is 3. The van der Waals surface area contributed by atoms with Crippen LogP contribution < -0.4 is 10.9 Å². The Kier molecular flexibility index (Phi) is 5.30. The molecular weight excluding hydrogens is 324 g/mol. The number of hydrogen-bond acceptors (Lipinski definition) is 5.